The average molecular weight is 656 g/mol. The summed E-state index contributed by atoms with van der Waals surface area (Å²) in [7, 11) is 0. The number of allylic oxidation sites excluding steroid dienone is 1. The molecule has 1 fully saturated rings. The Bertz CT molecular complexity index is 1580. The van der Waals surface area contributed by atoms with Gasteiger partial charge in [0.25, 0.3) is 5.91 Å². The summed E-state index contributed by atoms with van der Waals surface area (Å²) in [6.07, 6.45) is -5.92. The van der Waals surface area contributed by atoms with Gasteiger partial charge in [0.1, 0.15) is 18.8 Å². The number of halogens is 1. The zero-order chi connectivity index (χ0) is 33.7. The molecule has 0 N–H and O–H groups in total. The molecule has 46 heavy (non-hydrogen) atoms. The molecule has 4 rings (SSSR count). The Kier molecular flexibility index (Phi) is 11.0. The number of nitrogens with zero attached hydrogens (tertiary/aromatic N) is 1. The van der Waals surface area contributed by atoms with Gasteiger partial charge in [0.2, 0.25) is 0 Å². The Morgan fingerprint density at radius 3 is 2.09 bits per heavy atom. The number of anilines is 1. The summed E-state index contributed by atoms with van der Waals surface area (Å²) >= 11 is 6.28. The third-order valence-corrected chi connectivity index (χ3v) is 7.47. The van der Waals surface area contributed by atoms with Crippen molar-refractivity contribution >= 4 is 58.4 Å². The van der Waals surface area contributed by atoms with Gasteiger partial charge in [-0.3, -0.25) is 28.8 Å². The molecule has 2 heterocycles. The van der Waals surface area contributed by atoms with Crippen molar-refractivity contribution in [3.8, 4) is 0 Å². The van der Waals surface area contributed by atoms with E-state index in [0.29, 0.717) is 16.3 Å². The van der Waals surface area contributed by atoms with Gasteiger partial charge >= 0.3 is 23.9 Å². The molecule has 1 saturated heterocycles. The van der Waals surface area contributed by atoms with Crippen LogP contribution in [0.2, 0.25) is 5.02 Å². The number of esters is 4. The normalized spacial score (nSPS) is 23.0. The number of fused-ring (bicyclic) bond motifs is 1. The number of carbonyl (C=O) groups is 6. The van der Waals surface area contributed by atoms with Gasteiger partial charge in [-0.1, -0.05) is 41.4 Å². The van der Waals surface area contributed by atoms with E-state index in [9.17, 15) is 28.8 Å². The summed E-state index contributed by atoms with van der Waals surface area (Å²) in [5.41, 5.74) is 3.04. The monoisotopic (exact) mass is 655 g/mol. The number of amides is 1. The van der Waals surface area contributed by atoms with Crippen LogP contribution in [-0.2, 0) is 59.0 Å². The van der Waals surface area contributed by atoms with Crippen LogP contribution in [0.5, 0.6) is 0 Å². The lowest BCUT2D eigenvalue weighted by Crippen LogP contribution is -2.62. The SMILES string of the molecule is CC(=O)OC[C@H]1O[C@@H](CC(=O)/C=C2\C(=O)N(Cc3cccc(C)c3)c3ccc(Cl)cc32)[C@H](OC(C)=O)[C@@H](OC(C)=O)[C@@H]1OC(C)=O. The minimum Gasteiger partial charge on any atom is -0.463 e. The predicted molar refractivity (Wildman–Crippen MR) is 163 cm³/mol. The van der Waals surface area contributed by atoms with Crippen molar-refractivity contribution in [2.75, 3.05) is 11.5 Å². The minimum absolute atomic E-state index is 0.0980. The first kappa shape index (κ1) is 34.3. The van der Waals surface area contributed by atoms with Crippen LogP contribution >= 0.6 is 11.6 Å². The van der Waals surface area contributed by atoms with Gasteiger partial charge in [0.05, 0.1) is 17.8 Å². The second kappa shape index (κ2) is 14.7. The molecular formula is C33H34ClNO11. The minimum atomic E-state index is -1.41. The molecule has 0 aliphatic carbocycles. The second-order valence-electron chi connectivity index (χ2n) is 11.0. The zero-order valence-corrected chi connectivity index (χ0v) is 26.7. The van der Waals surface area contributed by atoms with Gasteiger partial charge in [0.15, 0.2) is 24.1 Å². The van der Waals surface area contributed by atoms with E-state index < -0.39 is 79.1 Å². The van der Waals surface area contributed by atoms with Crippen LogP contribution in [0.1, 0.15) is 50.8 Å². The van der Waals surface area contributed by atoms with Crippen LogP contribution in [0.3, 0.4) is 0 Å². The van der Waals surface area contributed by atoms with Gasteiger partial charge in [-0.05, 0) is 36.8 Å². The lowest BCUT2D eigenvalue weighted by atomic mass is 9.91. The maximum atomic E-state index is 13.7. The number of ether oxygens (including phenoxy) is 5. The molecule has 2 aliphatic rings. The first-order valence-electron chi connectivity index (χ1n) is 14.5. The highest BCUT2D eigenvalue weighted by Crippen LogP contribution is 2.40. The Hall–Kier alpha value is -4.55. The van der Waals surface area contributed by atoms with Gasteiger partial charge in [-0.25, -0.2) is 0 Å². The number of benzene rings is 2. The quantitative estimate of drug-likeness (QED) is 0.209. The molecule has 2 aromatic rings. The number of rotatable bonds is 10. The summed E-state index contributed by atoms with van der Waals surface area (Å²) in [4.78, 5) is 76.7. The van der Waals surface area contributed by atoms with Crippen LogP contribution in [0, 0.1) is 6.92 Å². The molecule has 1 amide bonds. The number of carbonyl (C=O) groups excluding carboxylic acids is 6. The molecule has 13 heteroatoms. The lowest BCUT2D eigenvalue weighted by molar-refractivity contribution is -0.252. The van der Waals surface area contributed by atoms with E-state index in [4.69, 9.17) is 35.3 Å². The second-order valence-corrected chi connectivity index (χ2v) is 11.4. The van der Waals surface area contributed by atoms with E-state index >= 15 is 0 Å². The molecule has 244 valence electrons. The first-order chi connectivity index (χ1) is 21.7. The predicted octanol–water partition coefficient (Wildman–Crippen LogP) is 3.66. The summed E-state index contributed by atoms with van der Waals surface area (Å²) in [5, 5.41) is 0.363. The standard InChI is InChI=1S/C33H34ClNO11/c1-17-7-6-8-22(11-17)15-35-27-10-9-23(34)12-25(27)26(33(35)41)13-24(40)14-28-30(43-19(3)37)32(45-21(5)39)31(44-20(4)38)29(46-28)16-42-18(2)36/h6-13,28-32H,14-16H2,1-5H3/b26-13-/t28-,29+,30-,31+,32+/m0/s1. The molecule has 0 saturated carbocycles. The maximum Gasteiger partial charge on any atom is 0.303 e. The van der Waals surface area contributed by atoms with Crippen LogP contribution in [0.25, 0.3) is 5.57 Å². The third-order valence-electron chi connectivity index (χ3n) is 7.23. The molecule has 0 radical (unpaired) electrons. The molecule has 2 aliphatic heterocycles. The van der Waals surface area contributed by atoms with E-state index in [1.807, 2.05) is 31.2 Å². The number of ketones is 1. The largest absolute Gasteiger partial charge is 0.463 e. The third kappa shape index (κ3) is 8.38. The molecule has 0 spiro atoms. The molecule has 0 unspecified atom stereocenters. The maximum absolute atomic E-state index is 13.7. The highest BCUT2D eigenvalue weighted by atomic mass is 35.5. The molecule has 2 aromatic carbocycles. The van der Waals surface area contributed by atoms with Crippen LogP contribution < -0.4 is 4.90 Å². The Labute approximate surface area is 270 Å². The Morgan fingerprint density at radius 1 is 0.848 bits per heavy atom. The van der Waals surface area contributed by atoms with E-state index in [2.05, 4.69) is 0 Å². The Morgan fingerprint density at radius 2 is 1.48 bits per heavy atom. The number of hydrogen-bond donors (Lipinski definition) is 0. The van der Waals surface area contributed by atoms with Crippen molar-refractivity contribution in [2.24, 2.45) is 0 Å². The summed E-state index contributed by atoms with van der Waals surface area (Å²) in [6, 6.07) is 12.6. The molecule has 0 aromatic heterocycles. The van der Waals surface area contributed by atoms with E-state index in [0.717, 1.165) is 38.8 Å². The number of aryl methyl sites for hydroxylation is 1. The Balaban J connectivity index is 1.68. The zero-order valence-electron chi connectivity index (χ0n) is 25.9. The van der Waals surface area contributed by atoms with Gasteiger partial charge < -0.3 is 28.6 Å². The highest BCUT2D eigenvalue weighted by molar-refractivity contribution is 6.36. The van der Waals surface area contributed by atoms with E-state index in [-0.39, 0.29) is 12.1 Å². The van der Waals surface area contributed by atoms with Gasteiger partial charge in [-0.15, -0.1) is 0 Å². The van der Waals surface area contributed by atoms with Crippen molar-refractivity contribution < 1.29 is 52.5 Å². The number of hydrogen-bond acceptors (Lipinski definition) is 11. The van der Waals surface area contributed by atoms with Crippen molar-refractivity contribution in [1.29, 1.82) is 0 Å². The molecule has 12 nitrogen and oxygen atoms in total. The van der Waals surface area contributed by atoms with Gasteiger partial charge in [0, 0.05) is 44.7 Å². The average Bonchev–Trinajstić information content (AvgIpc) is 3.19. The van der Waals surface area contributed by atoms with Gasteiger partial charge in [-0.2, -0.15) is 0 Å². The summed E-state index contributed by atoms with van der Waals surface area (Å²) in [6.45, 7) is 6.25. The van der Waals surface area contributed by atoms with E-state index in [1.54, 1.807) is 23.1 Å². The smallest absolute Gasteiger partial charge is 0.303 e. The molecule has 5 atom stereocenters. The highest BCUT2D eigenvalue weighted by Gasteiger charge is 2.52. The van der Waals surface area contributed by atoms with Crippen molar-refractivity contribution in [3.63, 3.8) is 0 Å². The molecular weight excluding hydrogens is 622 g/mol. The van der Waals surface area contributed by atoms with Crippen LogP contribution in [-0.4, -0.2) is 72.7 Å². The topological polar surface area (TPSA) is 152 Å². The summed E-state index contributed by atoms with van der Waals surface area (Å²) < 4.78 is 27.4. The molecule has 0 bridgehead atoms. The van der Waals surface area contributed by atoms with Crippen LogP contribution in [0.4, 0.5) is 5.69 Å². The van der Waals surface area contributed by atoms with Crippen molar-refractivity contribution in [2.45, 2.75) is 78.1 Å². The fraction of sp³-hybridized carbons (Fsp3) is 0.394. The van der Waals surface area contributed by atoms with E-state index in [1.165, 1.54) is 6.08 Å². The van der Waals surface area contributed by atoms with Crippen LogP contribution in [0.15, 0.2) is 48.5 Å². The van der Waals surface area contributed by atoms with Crippen molar-refractivity contribution in [1.82, 2.24) is 0 Å². The summed E-state index contributed by atoms with van der Waals surface area (Å²) in [5.74, 6) is -4.03. The first-order valence-corrected chi connectivity index (χ1v) is 14.8. The van der Waals surface area contributed by atoms with Crippen molar-refractivity contribution in [3.05, 3.63) is 70.3 Å². The lowest BCUT2D eigenvalue weighted by Gasteiger charge is -2.44. The fourth-order valence-corrected chi connectivity index (χ4v) is 5.69. The fourth-order valence-electron chi connectivity index (χ4n) is 5.52.